The molecule has 154 valence electrons. The van der Waals surface area contributed by atoms with Gasteiger partial charge in [0.05, 0.1) is 6.61 Å². The molecule has 1 fully saturated rings. The zero-order valence-electron chi connectivity index (χ0n) is 17.1. The highest BCUT2D eigenvalue weighted by atomic mass is 127. The van der Waals surface area contributed by atoms with Crippen molar-refractivity contribution in [3.05, 3.63) is 35.4 Å². The molecule has 0 atom stereocenters. The lowest BCUT2D eigenvalue weighted by Gasteiger charge is -2.42. The molecule has 2 rings (SSSR count). The third-order valence-corrected chi connectivity index (χ3v) is 5.28. The van der Waals surface area contributed by atoms with Crippen molar-refractivity contribution in [1.29, 1.82) is 0 Å². The molecule has 1 aromatic carbocycles. The molecule has 0 aliphatic heterocycles. The minimum atomic E-state index is 0. The fourth-order valence-electron chi connectivity index (χ4n) is 3.38. The number of methoxy groups -OCH3 is 1. The topological polar surface area (TPSA) is 54.9 Å². The van der Waals surface area contributed by atoms with Gasteiger partial charge in [-0.25, -0.2) is 0 Å². The number of aliphatic imine (C=N–C) groups is 1. The van der Waals surface area contributed by atoms with Crippen LogP contribution in [0.25, 0.3) is 0 Å². The molecule has 1 aliphatic carbocycles. The summed E-state index contributed by atoms with van der Waals surface area (Å²) >= 11 is 0. The van der Waals surface area contributed by atoms with Crippen LogP contribution in [-0.2, 0) is 22.6 Å². The summed E-state index contributed by atoms with van der Waals surface area (Å²) in [6.07, 6.45) is 6.03. The Bertz CT molecular complexity index is 562. The molecule has 1 aliphatic rings. The summed E-state index contributed by atoms with van der Waals surface area (Å²) in [6, 6.07) is 8.43. The molecule has 0 radical (unpaired) electrons. The second-order valence-electron chi connectivity index (χ2n) is 7.20. The zero-order chi connectivity index (χ0) is 18.7. The number of nitrogens with one attached hydrogen (secondary N) is 2. The van der Waals surface area contributed by atoms with Crippen molar-refractivity contribution < 1.29 is 9.47 Å². The van der Waals surface area contributed by atoms with Crippen molar-refractivity contribution in [1.82, 2.24) is 10.6 Å². The average Bonchev–Trinajstić information content (AvgIpc) is 2.64. The highest BCUT2D eigenvalue weighted by Gasteiger charge is 2.36. The molecule has 5 nitrogen and oxygen atoms in total. The number of ether oxygens (including phenoxy) is 2. The van der Waals surface area contributed by atoms with E-state index in [0.717, 1.165) is 45.1 Å². The SMILES string of the molecule is CCCOCc1ccccc1CNC(=NC)NCC1(CCOC)CCC1.I. The summed E-state index contributed by atoms with van der Waals surface area (Å²) in [5, 5.41) is 6.96. The van der Waals surface area contributed by atoms with Gasteiger partial charge in [-0.3, -0.25) is 4.99 Å². The molecule has 1 saturated carbocycles. The first-order chi connectivity index (χ1) is 12.7. The van der Waals surface area contributed by atoms with Crippen LogP contribution in [0.5, 0.6) is 0 Å². The van der Waals surface area contributed by atoms with E-state index in [0.29, 0.717) is 12.0 Å². The summed E-state index contributed by atoms with van der Waals surface area (Å²) in [6.45, 7) is 6.13. The molecular weight excluding hydrogens is 453 g/mol. The number of hydrogen-bond donors (Lipinski definition) is 2. The minimum Gasteiger partial charge on any atom is -0.385 e. The summed E-state index contributed by atoms with van der Waals surface area (Å²) < 4.78 is 11.0. The highest BCUT2D eigenvalue weighted by molar-refractivity contribution is 14.0. The first kappa shape index (κ1) is 24.2. The number of guanidine groups is 1. The maximum absolute atomic E-state index is 5.71. The Balaban J connectivity index is 0.00000364. The van der Waals surface area contributed by atoms with Gasteiger partial charge in [-0.1, -0.05) is 37.6 Å². The van der Waals surface area contributed by atoms with E-state index in [4.69, 9.17) is 9.47 Å². The Kier molecular flexibility index (Phi) is 11.9. The fourth-order valence-corrected chi connectivity index (χ4v) is 3.38. The Labute approximate surface area is 181 Å². The maximum atomic E-state index is 5.71. The van der Waals surface area contributed by atoms with E-state index in [1.54, 1.807) is 7.11 Å². The van der Waals surface area contributed by atoms with E-state index in [2.05, 4.69) is 46.8 Å². The van der Waals surface area contributed by atoms with Crippen molar-refractivity contribution in [2.45, 2.75) is 52.2 Å². The van der Waals surface area contributed by atoms with Crippen molar-refractivity contribution in [3.8, 4) is 0 Å². The van der Waals surface area contributed by atoms with Crippen LogP contribution in [-0.4, -0.2) is 39.9 Å². The van der Waals surface area contributed by atoms with Gasteiger partial charge in [-0.15, -0.1) is 24.0 Å². The van der Waals surface area contributed by atoms with Crippen LogP contribution >= 0.6 is 24.0 Å². The standard InChI is InChI=1S/C21H35N3O2.HI/c1-4-13-26-16-19-9-6-5-8-18(19)15-23-20(22-2)24-17-21(10-7-11-21)12-14-25-3;/h5-6,8-9H,4,7,10-17H2,1-3H3,(H2,22,23,24);1H. The number of benzene rings is 1. The fraction of sp³-hybridized carbons (Fsp3) is 0.667. The van der Waals surface area contributed by atoms with Crippen LogP contribution in [0.4, 0.5) is 0 Å². The molecule has 0 saturated heterocycles. The van der Waals surface area contributed by atoms with Gasteiger partial charge in [0.2, 0.25) is 0 Å². The van der Waals surface area contributed by atoms with Crippen molar-refractivity contribution in [2.75, 3.05) is 33.9 Å². The minimum absolute atomic E-state index is 0. The van der Waals surface area contributed by atoms with E-state index in [9.17, 15) is 0 Å². The number of rotatable bonds is 11. The van der Waals surface area contributed by atoms with Crippen LogP contribution < -0.4 is 10.6 Å². The smallest absolute Gasteiger partial charge is 0.191 e. The van der Waals surface area contributed by atoms with Gasteiger partial charge >= 0.3 is 0 Å². The van der Waals surface area contributed by atoms with Gasteiger partial charge in [0.1, 0.15) is 0 Å². The predicted molar refractivity (Wildman–Crippen MR) is 123 cm³/mol. The number of hydrogen-bond acceptors (Lipinski definition) is 3. The summed E-state index contributed by atoms with van der Waals surface area (Å²) in [7, 11) is 3.61. The Morgan fingerprint density at radius 1 is 1.15 bits per heavy atom. The Morgan fingerprint density at radius 3 is 2.48 bits per heavy atom. The molecule has 1 aromatic rings. The molecule has 0 unspecified atom stereocenters. The molecule has 0 bridgehead atoms. The second kappa shape index (κ2) is 13.3. The van der Waals surface area contributed by atoms with Gasteiger partial charge in [0.15, 0.2) is 5.96 Å². The second-order valence-corrected chi connectivity index (χ2v) is 7.20. The van der Waals surface area contributed by atoms with E-state index in [1.807, 2.05) is 7.05 Å². The van der Waals surface area contributed by atoms with Crippen molar-refractivity contribution in [3.63, 3.8) is 0 Å². The highest BCUT2D eigenvalue weighted by Crippen LogP contribution is 2.43. The number of nitrogens with zero attached hydrogens (tertiary/aromatic N) is 1. The molecule has 0 spiro atoms. The lowest BCUT2D eigenvalue weighted by atomic mass is 9.67. The first-order valence-corrected chi connectivity index (χ1v) is 9.81. The van der Waals surface area contributed by atoms with E-state index < -0.39 is 0 Å². The summed E-state index contributed by atoms with van der Waals surface area (Å²) in [4.78, 5) is 4.38. The van der Waals surface area contributed by atoms with Gasteiger partial charge in [-0.2, -0.15) is 0 Å². The van der Waals surface area contributed by atoms with Gasteiger partial charge in [0.25, 0.3) is 0 Å². The van der Waals surface area contributed by atoms with Crippen LogP contribution in [0.15, 0.2) is 29.3 Å². The van der Waals surface area contributed by atoms with Gasteiger partial charge < -0.3 is 20.1 Å². The summed E-state index contributed by atoms with van der Waals surface area (Å²) in [5.74, 6) is 0.859. The Hall–Kier alpha value is -0.860. The lowest BCUT2D eigenvalue weighted by molar-refractivity contribution is 0.0732. The quantitative estimate of drug-likeness (QED) is 0.213. The largest absolute Gasteiger partial charge is 0.385 e. The molecular formula is C21H36IN3O2. The maximum Gasteiger partial charge on any atom is 0.191 e. The van der Waals surface area contributed by atoms with Crippen LogP contribution in [0.1, 0.15) is 50.2 Å². The summed E-state index contributed by atoms with van der Waals surface area (Å²) in [5.41, 5.74) is 2.86. The van der Waals surface area contributed by atoms with Crippen molar-refractivity contribution >= 4 is 29.9 Å². The molecule has 6 heteroatoms. The molecule has 0 aromatic heterocycles. The van der Waals surface area contributed by atoms with E-state index in [1.165, 1.54) is 30.4 Å². The Morgan fingerprint density at radius 2 is 1.89 bits per heavy atom. The van der Waals surface area contributed by atoms with Gasteiger partial charge in [-0.05, 0) is 42.2 Å². The van der Waals surface area contributed by atoms with E-state index >= 15 is 0 Å². The molecule has 2 N–H and O–H groups in total. The first-order valence-electron chi connectivity index (χ1n) is 9.81. The monoisotopic (exact) mass is 489 g/mol. The predicted octanol–water partition coefficient (Wildman–Crippen LogP) is 4.10. The molecule has 27 heavy (non-hydrogen) atoms. The molecule has 0 heterocycles. The zero-order valence-corrected chi connectivity index (χ0v) is 19.4. The molecule has 0 amide bonds. The van der Waals surface area contributed by atoms with E-state index in [-0.39, 0.29) is 24.0 Å². The van der Waals surface area contributed by atoms with Crippen molar-refractivity contribution in [2.24, 2.45) is 10.4 Å². The average molecular weight is 489 g/mol. The van der Waals surface area contributed by atoms with Crippen LogP contribution in [0.3, 0.4) is 0 Å². The normalized spacial score (nSPS) is 15.6. The number of halogens is 1. The third-order valence-electron chi connectivity index (χ3n) is 5.28. The van der Waals surface area contributed by atoms with Crippen LogP contribution in [0.2, 0.25) is 0 Å². The van der Waals surface area contributed by atoms with Gasteiger partial charge in [0, 0.05) is 40.5 Å². The van der Waals surface area contributed by atoms with Crippen LogP contribution in [0, 0.1) is 5.41 Å². The lowest BCUT2D eigenvalue weighted by Crippen LogP contribution is -2.46. The third kappa shape index (κ3) is 7.95.